The molecule has 0 saturated carbocycles. The van der Waals surface area contributed by atoms with E-state index in [1.54, 1.807) is 4.90 Å². The van der Waals surface area contributed by atoms with E-state index < -0.39 is 11.8 Å². The molecule has 0 bridgehead atoms. The van der Waals surface area contributed by atoms with Crippen LogP contribution in [0, 0.1) is 5.92 Å². The molecule has 27 heavy (non-hydrogen) atoms. The van der Waals surface area contributed by atoms with Gasteiger partial charge in [-0.05, 0) is 17.9 Å². The maximum atomic E-state index is 12.4. The zero-order valence-corrected chi connectivity index (χ0v) is 16.1. The Bertz CT molecular complexity index is 633. The van der Waals surface area contributed by atoms with E-state index in [4.69, 9.17) is 4.74 Å². The van der Waals surface area contributed by atoms with E-state index in [0.29, 0.717) is 45.6 Å². The molecule has 7 nitrogen and oxygen atoms in total. The van der Waals surface area contributed by atoms with E-state index in [-0.39, 0.29) is 17.9 Å². The zero-order valence-electron chi connectivity index (χ0n) is 16.1. The van der Waals surface area contributed by atoms with Crippen LogP contribution in [-0.2, 0) is 19.1 Å². The van der Waals surface area contributed by atoms with Crippen LogP contribution >= 0.6 is 0 Å². The van der Waals surface area contributed by atoms with Crippen LogP contribution in [0.4, 0.5) is 0 Å². The number of benzene rings is 1. The maximum absolute atomic E-state index is 12.4. The normalized spacial score (nSPS) is 16.9. The van der Waals surface area contributed by atoms with Crippen molar-refractivity contribution in [2.24, 2.45) is 5.92 Å². The number of nitrogens with one attached hydrogen (secondary N) is 2. The highest BCUT2D eigenvalue weighted by Crippen LogP contribution is 2.22. The summed E-state index contributed by atoms with van der Waals surface area (Å²) in [5, 5.41) is 5.12. The molecule has 3 amide bonds. The summed E-state index contributed by atoms with van der Waals surface area (Å²) in [6, 6.07) is 9.86. The number of nitrogens with zero attached hydrogens (tertiary/aromatic N) is 1. The molecule has 0 aliphatic carbocycles. The highest BCUT2D eigenvalue weighted by Gasteiger charge is 2.25. The van der Waals surface area contributed by atoms with Crippen molar-refractivity contribution < 1.29 is 19.1 Å². The van der Waals surface area contributed by atoms with Crippen molar-refractivity contribution in [2.75, 3.05) is 32.8 Å². The van der Waals surface area contributed by atoms with Crippen LogP contribution < -0.4 is 10.6 Å². The van der Waals surface area contributed by atoms with Crippen molar-refractivity contribution in [1.82, 2.24) is 15.5 Å². The summed E-state index contributed by atoms with van der Waals surface area (Å²) < 4.78 is 5.77. The number of rotatable bonds is 7. The van der Waals surface area contributed by atoms with Gasteiger partial charge in [0.25, 0.3) is 0 Å². The number of amides is 3. The van der Waals surface area contributed by atoms with Crippen molar-refractivity contribution in [1.29, 1.82) is 0 Å². The van der Waals surface area contributed by atoms with Gasteiger partial charge < -0.3 is 20.3 Å². The Kier molecular flexibility index (Phi) is 8.26. The van der Waals surface area contributed by atoms with Gasteiger partial charge in [-0.25, -0.2) is 0 Å². The first-order valence-corrected chi connectivity index (χ1v) is 9.47. The van der Waals surface area contributed by atoms with E-state index in [1.165, 1.54) is 0 Å². The van der Waals surface area contributed by atoms with Crippen molar-refractivity contribution >= 4 is 17.7 Å². The van der Waals surface area contributed by atoms with Crippen molar-refractivity contribution in [2.45, 2.75) is 32.8 Å². The molecule has 1 atom stereocenters. The quantitative estimate of drug-likeness (QED) is 0.555. The Morgan fingerprint density at radius 3 is 2.56 bits per heavy atom. The summed E-state index contributed by atoms with van der Waals surface area (Å²) in [4.78, 5) is 37.5. The lowest BCUT2D eigenvalue weighted by atomic mass is 10.1. The third-order valence-electron chi connectivity index (χ3n) is 4.32. The molecule has 1 aliphatic heterocycles. The minimum absolute atomic E-state index is 0.0396. The van der Waals surface area contributed by atoms with Crippen molar-refractivity contribution in [3.63, 3.8) is 0 Å². The lowest BCUT2D eigenvalue weighted by molar-refractivity contribution is -0.140. The summed E-state index contributed by atoms with van der Waals surface area (Å²) in [6.45, 7) is 6.29. The fourth-order valence-corrected chi connectivity index (χ4v) is 2.80. The van der Waals surface area contributed by atoms with Gasteiger partial charge in [-0.15, -0.1) is 0 Å². The molecule has 1 aliphatic rings. The molecule has 1 heterocycles. The lowest BCUT2D eigenvalue weighted by Gasteiger charge is -2.33. The summed E-state index contributed by atoms with van der Waals surface area (Å²) in [6.07, 6.45) is 0.721. The predicted molar refractivity (Wildman–Crippen MR) is 102 cm³/mol. The first-order valence-electron chi connectivity index (χ1n) is 9.47. The van der Waals surface area contributed by atoms with Gasteiger partial charge in [-0.1, -0.05) is 44.2 Å². The Labute approximate surface area is 160 Å². The number of carbonyl (C=O) groups excluding carboxylic acids is 3. The monoisotopic (exact) mass is 375 g/mol. The second kappa shape index (κ2) is 10.7. The number of hydrogen-bond donors (Lipinski definition) is 2. The molecule has 2 rings (SSSR count). The Hall–Kier alpha value is -2.41. The first-order chi connectivity index (χ1) is 13.0. The average Bonchev–Trinajstić information content (AvgIpc) is 2.69. The second-order valence-electron chi connectivity index (χ2n) is 7.07. The summed E-state index contributed by atoms with van der Waals surface area (Å²) in [5.41, 5.74) is 1.06. The molecular formula is C20H29N3O4. The molecule has 148 valence electrons. The molecule has 1 aromatic carbocycles. The van der Waals surface area contributed by atoms with Gasteiger partial charge in [0, 0.05) is 26.1 Å². The Morgan fingerprint density at radius 2 is 1.85 bits per heavy atom. The summed E-state index contributed by atoms with van der Waals surface area (Å²) in [7, 11) is 0. The molecule has 7 heteroatoms. The summed E-state index contributed by atoms with van der Waals surface area (Å²) >= 11 is 0. The van der Waals surface area contributed by atoms with Gasteiger partial charge in [0.1, 0.15) is 6.10 Å². The number of hydrogen-bond acceptors (Lipinski definition) is 4. The van der Waals surface area contributed by atoms with Crippen molar-refractivity contribution in [3.8, 4) is 0 Å². The smallest absolute Gasteiger partial charge is 0.309 e. The van der Waals surface area contributed by atoms with Crippen LogP contribution in [0.3, 0.4) is 0 Å². The van der Waals surface area contributed by atoms with E-state index in [9.17, 15) is 14.4 Å². The largest absolute Gasteiger partial charge is 0.370 e. The number of morpholine rings is 1. The van der Waals surface area contributed by atoms with Crippen LogP contribution in [0.15, 0.2) is 30.3 Å². The van der Waals surface area contributed by atoms with Gasteiger partial charge in [0.2, 0.25) is 5.91 Å². The van der Waals surface area contributed by atoms with Crippen LogP contribution in [-0.4, -0.2) is 55.4 Å². The molecule has 1 aromatic rings. The first kappa shape index (κ1) is 20.9. The third-order valence-corrected chi connectivity index (χ3v) is 4.32. The predicted octanol–water partition coefficient (Wildman–Crippen LogP) is 1.26. The van der Waals surface area contributed by atoms with E-state index in [2.05, 4.69) is 10.6 Å². The van der Waals surface area contributed by atoms with Crippen LogP contribution in [0.5, 0.6) is 0 Å². The summed E-state index contributed by atoms with van der Waals surface area (Å²) in [5.74, 6) is -0.960. The van der Waals surface area contributed by atoms with Gasteiger partial charge in [0.05, 0.1) is 13.2 Å². The molecule has 0 spiro atoms. The van der Waals surface area contributed by atoms with Crippen molar-refractivity contribution in [3.05, 3.63) is 35.9 Å². The topological polar surface area (TPSA) is 87.7 Å². The minimum Gasteiger partial charge on any atom is -0.370 e. The molecular weight excluding hydrogens is 346 g/mol. The van der Waals surface area contributed by atoms with Gasteiger partial charge in [-0.3, -0.25) is 14.4 Å². The number of ether oxygens (including phenoxy) is 1. The minimum atomic E-state index is -0.654. The second-order valence-corrected chi connectivity index (χ2v) is 7.07. The lowest BCUT2D eigenvalue weighted by Crippen LogP contribution is -2.43. The SMILES string of the molecule is CC(C)CNC(=O)C(=O)NCCCC(=O)N1CCOC(c2ccccc2)C1. The Morgan fingerprint density at radius 1 is 1.15 bits per heavy atom. The van der Waals surface area contributed by atoms with Gasteiger partial charge in [0.15, 0.2) is 0 Å². The van der Waals surface area contributed by atoms with Crippen LogP contribution in [0.25, 0.3) is 0 Å². The molecule has 1 unspecified atom stereocenters. The highest BCUT2D eigenvalue weighted by molar-refractivity contribution is 6.35. The highest BCUT2D eigenvalue weighted by atomic mass is 16.5. The van der Waals surface area contributed by atoms with Gasteiger partial charge in [-0.2, -0.15) is 0 Å². The number of carbonyl (C=O) groups is 3. The third kappa shape index (κ3) is 7.02. The Balaban J connectivity index is 1.68. The molecule has 0 radical (unpaired) electrons. The standard InChI is InChI=1S/C20H29N3O4/c1-15(2)13-22-20(26)19(25)21-10-6-9-18(24)23-11-12-27-17(14-23)16-7-4-3-5-8-16/h3-5,7-8,15,17H,6,9-14H2,1-2H3,(H,21,25)(H,22,26). The fraction of sp³-hybridized carbons (Fsp3) is 0.550. The van der Waals surface area contributed by atoms with Gasteiger partial charge >= 0.3 is 11.8 Å². The van der Waals surface area contributed by atoms with Crippen LogP contribution in [0.1, 0.15) is 38.4 Å². The molecule has 1 fully saturated rings. The fourth-order valence-electron chi connectivity index (χ4n) is 2.80. The van der Waals surface area contributed by atoms with E-state index in [1.807, 2.05) is 44.2 Å². The molecule has 1 saturated heterocycles. The molecule has 0 aromatic heterocycles. The van der Waals surface area contributed by atoms with E-state index >= 15 is 0 Å². The average molecular weight is 375 g/mol. The zero-order chi connectivity index (χ0) is 19.6. The maximum Gasteiger partial charge on any atom is 0.309 e. The van der Waals surface area contributed by atoms with E-state index in [0.717, 1.165) is 5.56 Å². The molecule has 2 N–H and O–H groups in total. The van der Waals surface area contributed by atoms with Crippen LogP contribution in [0.2, 0.25) is 0 Å².